The van der Waals surface area contributed by atoms with Crippen molar-refractivity contribution in [2.24, 2.45) is 0 Å². The van der Waals surface area contributed by atoms with Crippen molar-refractivity contribution in [3.8, 4) is 5.75 Å². The Morgan fingerprint density at radius 2 is 1.71 bits per heavy atom. The Kier molecular flexibility index (Phi) is 5.53. The fourth-order valence-electron chi connectivity index (χ4n) is 3.48. The first kappa shape index (κ1) is 14.9. The largest absolute Gasteiger partial charge is 0.491 e. The van der Waals surface area contributed by atoms with Crippen LogP contribution in [0.3, 0.4) is 0 Å². The number of rotatable bonds is 7. The summed E-state index contributed by atoms with van der Waals surface area (Å²) in [6.07, 6.45) is 7.92. The Balaban J connectivity index is 1.28. The molecule has 1 aromatic carbocycles. The van der Waals surface area contributed by atoms with Gasteiger partial charge in [0.1, 0.15) is 18.9 Å². The van der Waals surface area contributed by atoms with Gasteiger partial charge in [0, 0.05) is 0 Å². The van der Waals surface area contributed by atoms with Gasteiger partial charge in [-0.15, -0.1) is 0 Å². The molecule has 21 heavy (non-hydrogen) atoms. The minimum atomic E-state index is 0.661. The van der Waals surface area contributed by atoms with Crippen molar-refractivity contribution in [3.63, 3.8) is 0 Å². The molecule has 2 aliphatic rings. The smallest absolute Gasteiger partial charge is 0.119 e. The van der Waals surface area contributed by atoms with Crippen LogP contribution in [0.1, 0.15) is 36.8 Å². The number of fused-ring (bicyclic) bond motifs is 1. The average Bonchev–Trinajstić information content (AvgIpc) is 2.99. The van der Waals surface area contributed by atoms with Gasteiger partial charge in [-0.1, -0.05) is 6.07 Å². The molecule has 116 valence electrons. The molecule has 0 unspecified atom stereocenters. The van der Waals surface area contributed by atoms with Crippen LogP contribution in [0.2, 0.25) is 0 Å². The van der Waals surface area contributed by atoms with Crippen LogP contribution in [0, 0.1) is 0 Å². The van der Waals surface area contributed by atoms with Gasteiger partial charge in [-0.2, -0.15) is 0 Å². The molecule has 0 spiro atoms. The lowest BCUT2D eigenvalue weighted by Gasteiger charge is -2.23. The first-order chi connectivity index (χ1) is 10.4. The Labute approximate surface area is 128 Å². The summed E-state index contributed by atoms with van der Waals surface area (Å²) < 4.78 is 11.5. The highest BCUT2D eigenvalue weighted by Gasteiger charge is 2.13. The Morgan fingerprint density at radius 1 is 0.857 bits per heavy atom. The van der Waals surface area contributed by atoms with E-state index in [2.05, 4.69) is 18.2 Å². The summed E-state index contributed by atoms with van der Waals surface area (Å²) in [6, 6.07) is 6.53. The molecule has 1 heterocycles. The molecule has 0 saturated carbocycles. The van der Waals surface area contributed by atoms with E-state index in [0.29, 0.717) is 13.2 Å². The molecule has 0 amide bonds. The third-order valence-electron chi connectivity index (χ3n) is 4.73. The van der Waals surface area contributed by atoms with Crippen LogP contribution in [0.4, 0.5) is 0 Å². The van der Waals surface area contributed by atoms with E-state index in [1.54, 1.807) is 4.90 Å². The molecule has 1 aliphatic carbocycles. The summed E-state index contributed by atoms with van der Waals surface area (Å²) in [5.41, 5.74) is 2.98. The number of aryl methyl sites for hydroxylation is 2. The van der Waals surface area contributed by atoms with Gasteiger partial charge in [0.25, 0.3) is 0 Å². The van der Waals surface area contributed by atoms with Crippen molar-refractivity contribution in [3.05, 3.63) is 29.3 Å². The summed E-state index contributed by atoms with van der Waals surface area (Å²) in [6.45, 7) is 6.03. The highest BCUT2D eigenvalue weighted by Crippen LogP contribution is 2.25. The first-order valence-electron chi connectivity index (χ1n) is 8.58. The van der Waals surface area contributed by atoms with Crippen LogP contribution < -0.4 is 9.64 Å². The number of nitrogens with one attached hydrogen (secondary N) is 1. The van der Waals surface area contributed by atoms with Gasteiger partial charge in [0.15, 0.2) is 0 Å². The fraction of sp³-hybridized carbons (Fsp3) is 0.667. The van der Waals surface area contributed by atoms with Crippen molar-refractivity contribution in [1.82, 2.24) is 0 Å². The molecule has 1 fully saturated rings. The minimum Gasteiger partial charge on any atom is -0.491 e. The lowest BCUT2D eigenvalue weighted by atomic mass is 10.1. The van der Waals surface area contributed by atoms with E-state index in [1.165, 1.54) is 62.7 Å². The molecular formula is C18H28NO2+. The van der Waals surface area contributed by atoms with Crippen molar-refractivity contribution < 1.29 is 14.4 Å². The zero-order valence-electron chi connectivity index (χ0n) is 13.0. The summed E-state index contributed by atoms with van der Waals surface area (Å²) in [7, 11) is 0. The maximum absolute atomic E-state index is 5.79. The Hall–Kier alpha value is -1.06. The molecule has 0 bridgehead atoms. The minimum absolute atomic E-state index is 0.661. The maximum Gasteiger partial charge on any atom is 0.119 e. The lowest BCUT2D eigenvalue weighted by molar-refractivity contribution is -0.905. The van der Waals surface area contributed by atoms with Crippen molar-refractivity contribution in [2.45, 2.75) is 38.5 Å². The van der Waals surface area contributed by atoms with Gasteiger partial charge < -0.3 is 14.4 Å². The summed E-state index contributed by atoms with van der Waals surface area (Å²) >= 11 is 0. The molecule has 3 nitrogen and oxygen atoms in total. The molecule has 3 heteroatoms. The van der Waals surface area contributed by atoms with E-state index in [9.17, 15) is 0 Å². The van der Waals surface area contributed by atoms with E-state index < -0.39 is 0 Å². The van der Waals surface area contributed by atoms with Crippen molar-refractivity contribution in [2.75, 3.05) is 39.5 Å². The molecule has 1 aliphatic heterocycles. The van der Waals surface area contributed by atoms with Gasteiger partial charge in [-0.3, -0.25) is 0 Å². The monoisotopic (exact) mass is 290 g/mol. The SMILES string of the molecule is c1cc2c(cc1OCCOCC[NH+]1CCCCC1)CCC2. The van der Waals surface area contributed by atoms with Crippen LogP contribution in [0.25, 0.3) is 0 Å². The number of hydrogen-bond acceptors (Lipinski definition) is 2. The number of quaternary nitrogens is 1. The molecule has 0 aromatic heterocycles. The second kappa shape index (κ2) is 7.81. The highest BCUT2D eigenvalue weighted by molar-refractivity contribution is 5.38. The van der Waals surface area contributed by atoms with E-state index in [0.717, 1.165) is 18.9 Å². The predicted octanol–water partition coefficient (Wildman–Crippen LogP) is 1.64. The van der Waals surface area contributed by atoms with Crippen LogP contribution in [0.5, 0.6) is 5.75 Å². The van der Waals surface area contributed by atoms with E-state index in [4.69, 9.17) is 9.47 Å². The zero-order valence-corrected chi connectivity index (χ0v) is 13.0. The van der Waals surface area contributed by atoms with E-state index in [-0.39, 0.29) is 0 Å². The van der Waals surface area contributed by atoms with Gasteiger partial charge in [-0.05, 0) is 61.8 Å². The van der Waals surface area contributed by atoms with E-state index in [1.807, 2.05) is 0 Å². The summed E-state index contributed by atoms with van der Waals surface area (Å²) in [5, 5.41) is 0. The quantitative estimate of drug-likeness (QED) is 0.772. The fourth-order valence-corrected chi connectivity index (χ4v) is 3.48. The first-order valence-corrected chi connectivity index (χ1v) is 8.58. The Bertz CT molecular complexity index is 441. The molecule has 3 rings (SSSR count). The van der Waals surface area contributed by atoms with Crippen LogP contribution >= 0.6 is 0 Å². The molecule has 1 aromatic rings. The van der Waals surface area contributed by atoms with Crippen molar-refractivity contribution >= 4 is 0 Å². The van der Waals surface area contributed by atoms with E-state index >= 15 is 0 Å². The number of likely N-dealkylation sites (tertiary alicyclic amines) is 1. The topological polar surface area (TPSA) is 22.9 Å². The predicted molar refractivity (Wildman–Crippen MR) is 84.2 cm³/mol. The van der Waals surface area contributed by atoms with Gasteiger partial charge in [0.2, 0.25) is 0 Å². The van der Waals surface area contributed by atoms with Gasteiger partial charge in [0.05, 0.1) is 26.3 Å². The van der Waals surface area contributed by atoms with Gasteiger partial charge in [-0.25, -0.2) is 0 Å². The lowest BCUT2D eigenvalue weighted by Crippen LogP contribution is -3.13. The van der Waals surface area contributed by atoms with Crippen LogP contribution in [-0.4, -0.2) is 39.5 Å². The normalized spacial score (nSPS) is 18.7. The molecule has 0 atom stereocenters. The number of benzene rings is 1. The average molecular weight is 290 g/mol. The van der Waals surface area contributed by atoms with Crippen molar-refractivity contribution in [1.29, 1.82) is 0 Å². The number of hydrogen-bond donors (Lipinski definition) is 1. The molecule has 0 radical (unpaired) electrons. The second-order valence-corrected chi connectivity index (χ2v) is 6.31. The Morgan fingerprint density at radius 3 is 2.62 bits per heavy atom. The molecule has 1 N–H and O–H groups in total. The zero-order chi connectivity index (χ0) is 14.3. The molecular weight excluding hydrogens is 262 g/mol. The highest BCUT2D eigenvalue weighted by atomic mass is 16.5. The standard InChI is InChI=1S/C18H27NO2/c1-2-9-19(10-3-1)11-12-20-13-14-21-18-8-7-16-5-4-6-17(16)15-18/h7-8,15H,1-6,9-14H2/p+1. The number of piperidine rings is 1. The summed E-state index contributed by atoms with van der Waals surface area (Å²) in [5.74, 6) is 1.00. The molecule has 1 saturated heterocycles. The van der Waals surface area contributed by atoms with Crippen LogP contribution in [-0.2, 0) is 17.6 Å². The maximum atomic E-state index is 5.79. The summed E-state index contributed by atoms with van der Waals surface area (Å²) in [4.78, 5) is 1.71. The third kappa shape index (κ3) is 4.45. The number of ether oxygens (including phenoxy) is 2. The second-order valence-electron chi connectivity index (χ2n) is 6.31. The van der Waals surface area contributed by atoms with Crippen LogP contribution in [0.15, 0.2) is 18.2 Å². The van der Waals surface area contributed by atoms with Gasteiger partial charge >= 0.3 is 0 Å². The third-order valence-corrected chi connectivity index (χ3v) is 4.73.